The third-order valence-corrected chi connectivity index (χ3v) is 5.06. The van der Waals surface area contributed by atoms with E-state index in [0.717, 1.165) is 9.88 Å². The second kappa shape index (κ2) is 7.18. The quantitative estimate of drug-likeness (QED) is 0.833. The Morgan fingerprint density at radius 3 is 2.43 bits per heavy atom. The van der Waals surface area contributed by atoms with Crippen LogP contribution in [0.25, 0.3) is 0 Å². The third kappa shape index (κ3) is 4.14. The highest BCUT2D eigenvalue weighted by atomic mass is 32.1. The molecule has 2 rings (SSSR count). The molecule has 2 heterocycles. The van der Waals surface area contributed by atoms with Gasteiger partial charge in [-0.1, -0.05) is 13.8 Å². The Labute approximate surface area is 142 Å². The minimum atomic E-state index is -0.484. The van der Waals surface area contributed by atoms with Gasteiger partial charge in [-0.05, 0) is 26.2 Å². The van der Waals surface area contributed by atoms with Crippen molar-refractivity contribution in [3.8, 4) is 0 Å². The van der Waals surface area contributed by atoms with Gasteiger partial charge in [-0.2, -0.15) is 0 Å². The van der Waals surface area contributed by atoms with Crippen LogP contribution in [0.15, 0.2) is 0 Å². The van der Waals surface area contributed by atoms with Crippen LogP contribution in [0.4, 0.5) is 5.13 Å². The molecule has 0 saturated carbocycles. The Kier molecular flexibility index (Phi) is 5.48. The van der Waals surface area contributed by atoms with E-state index in [1.807, 2.05) is 6.92 Å². The first kappa shape index (κ1) is 17.6. The van der Waals surface area contributed by atoms with Crippen molar-refractivity contribution >= 4 is 39.7 Å². The van der Waals surface area contributed by atoms with E-state index in [9.17, 15) is 9.59 Å². The Hall–Kier alpha value is -1.80. The molecular weight excluding hydrogens is 334 g/mol. The van der Waals surface area contributed by atoms with Crippen LogP contribution in [0.5, 0.6) is 0 Å². The van der Waals surface area contributed by atoms with Gasteiger partial charge in [0, 0.05) is 4.88 Å². The molecule has 1 amide bonds. The van der Waals surface area contributed by atoms with Crippen LogP contribution >= 0.6 is 22.7 Å². The number of rotatable bonds is 5. The summed E-state index contributed by atoms with van der Waals surface area (Å²) in [4.78, 5) is 34.0. The van der Waals surface area contributed by atoms with E-state index >= 15 is 0 Å². The van der Waals surface area contributed by atoms with Crippen molar-refractivity contribution in [2.75, 3.05) is 12.4 Å². The maximum atomic E-state index is 12.3. The molecular formula is C15H19N3O3S2. The van der Waals surface area contributed by atoms with Gasteiger partial charge < -0.3 is 4.74 Å². The highest BCUT2D eigenvalue weighted by Gasteiger charge is 2.22. The molecule has 0 aromatic carbocycles. The predicted molar refractivity (Wildman–Crippen MR) is 91.5 cm³/mol. The van der Waals surface area contributed by atoms with Crippen LogP contribution in [0.3, 0.4) is 0 Å². The minimum absolute atomic E-state index is 0.255. The molecule has 0 spiro atoms. The lowest BCUT2D eigenvalue weighted by Gasteiger charge is -2.02. The zero-order valence-corrected chi connectivity index (χ0v) is 15.4. The van der Waals surface area contributed by atoms with Crippen LogP contribution < -0.4 is 5.32 Å². The molecule has 0 radical (unpaired) electrons. The molecule has 0 aliphatic carbocycles. The average Bonchev–Trinajstić information content (AvgIpc) is 3.00. The summed E-state index contributed by atoms with van der Waals surface area (Å²) >= 11 is 2.64. The Morgan fingerprint density at radius 1 is 1.22 bits per heavy atom. The van der Waals surface area contributed by atoms with Crippen molar-refractivity contribution in [1.29, 1.82) is 0 Å². The number of carbonyl (C=O) groups excluding carboxylic acids is 2. The second-order valence-electron chi connectivity index (χ2n) is 5.48. The highest BCUT2D eigenvalue weighted by Crippen LogP contribution is 2.27. The van der Waals surface area contributed by atoms with E-state index in [2.05, 4.69) is 29.1 Å². The van der Waals surface area contributed by atoms with Crippen molar-refractivity contribution in [2.45, 2.75) is 34.1 Å². The SMILES string of the molecule is COC(=O)c1nc(NC(=O)c2sc(C)nc2C)sc1CC(C)C. The molecule has 2 aromatic heterocycles. The summed E-state index contributed by atoms with van der Waals surface area (Å²) in [6.07, 6.45) is 0.705. The number of nitrogens with one attached hydrogen (secondary N) is 1. The van der Waals surface area contributed by atoms with Crippen LogP contribution in [0.1, 0.15) is 49.6 Å². The monoisotopic (exact) mass is 353 g/mol. The maximum absolute atomic E-state index is 12.3. The highest BCUT2D eigenvalue weighted by molar-refractivity contribution is 7.16. The zero-order chi connectivity index (χ0) is 17.1. The molecule has 0 aliphatic rings. The number of amides is 1. The number of ether oxygens (including phenoxy) is 1. The number of carbonyl (C=O) groups is 2. The first-order valence-electron chi connectivity index (χ1n) is 7.15. The predicted octanol–water partition coefficient (Wildman–Crippen LogP) is 3.45. The van der Waals surface area contributed by atoms with Gasteiger partial charge >= 0.3 is 5.97 Å². The number of thiazole rings is 2. The smallest absolute Gasteiger partial charge is 0.357 e. The molecule has 23 heavy (non-hydrogen) atoms. The van der Waals surface area contributed by atoms with Gasteiger partial charge in [-0.25, -0.2) is 14.8 Å². The van der Waals surface area contributed by atoms with E-state index in [0.29, 0.717) is 28.0 Å². The first-order valence-corrected chi connectivity index (χ1v) is 8.78. The number of aryl methyl sites for hydroxylation is 2. The second-order valence-corrected chi connectivity index (χ2v) is 7.77. The Balaban J connectivity index is 2.26. The van der Waals surface area contributed by atoms with Gasteiger partial charge in [0.05, 0.1) is 17.8 Å². The van der Waals surface area contributed by atoms with Crippen molar-refractivity contribution < 1.29 is 14.3 Å². The molecule has 0 unspecified atom stereocenters. The molecule has 124 valence electrons. The van der Waals surface area contributed by atoms with Crippen LogP contribution in [0.2, 0.25) is 0 Å². The molecule has 8 heteroatoms. The molecule has 2 aromatic rings. The van der Waals surface area contributed by atoms with Crippen LogP contribution in [-0.4, -0.2) is 29.0 Å². The van der Waals surface area contributed by atoms with Gasteiger partial charge in [0.2, 0.25) is 0 Å². The lowest BCUT2D eigenvalue weighted by Crippen LogP contribution is -2.12. The average molecular weight is 353 g/mol. The lowest BCUT2D eigenvalue weighted by molar-refractivity contribution is 0.0593. The largest absolute Gasteiger partial charge is 0.464 e. The molecule has 0 aliphatic heterocycles. The van der Waals surface area contributed by atoms with E-state index < -0.39 is 5.97 Å². The number of nitrogens with zero attached hydrogens (tertiary/aromatic N) is 2. The van der Waals surface area contributed by atoms with Gasteiger partial charge in [-0.15, -0.1) is 22.7 Å². The van der Waals surface area contributed by atoms with Crippen molar-refractivity contribution in [3.05, 3.63) is 26.1 Å². The number of hydrogen-bond donors (Lipinski definition) is 1. The van der Waals surface area contributed by atoms with Crippen molar-refractivity contribution in [3.63, 3.8) is 0 Å². The fourth-order valence-corrected chi connectivity index (χ4v) is 4.04. The topological polar surface area (TPSA) is 81.2 Å². The number of hydrogen-bond acceptors (Lipinski definition) is 7. The molecule has 0 bridgehead atoms. The van der Waals surface area contributed by atoms with E-state index in [1.54, 1.807) is 6.92 Å². The summed E-state index contributed by atoms with van der Waals surface area (Å²) in [6, 6.07) is 0. The Bertz CT molecular complexity index is 734. The summed E-state index contributed by atoms with van der Waals surface area (Å²) in [7, 11) is 1.32. The molecule has 6 nitrogen and oxygen atoms in total. The van der Waals surface area contributed by atoms with Crippen molar-refractivity contribution in [1.82, 2.24) is 9.97 Å². The third-order valence-electron chi connectivity index (χ3n) is 3.00. The summed E-state index contributed by atoms with van der Waals surface area (Å²) < 4.78 is 4.77. The molecule has 0 atom stereocenters. The number of aromatic nitrogens is 2. The fraction of sp³-hybridized carbons (Fsp3) is 0.467. The van der Waals surface area contributed by atoms with Gasteiger partial charge in [0.25, 0.3) is 5.91 Å². The Morgan fingerprint density at radius 2 is 1.91 bits per heavy atom. The lowest BCUT2D eigenvalue weighted by atomic mass is 10.1. The summed E-state index contributed by atoms with van der Waals surface area (Å²) in [5, 5.41) is 3.99. The maximum Gasteiger partial charge on any atom is 0.357 e. The normalized spacial score (nSPS) is 10.9. The fourth-order valence-electron chi connectivity index (χ4n) is 2.07. The molecule has 0 fully saturated rings. The number of esters is 1. The van der Waals surface area contributed by atoms with E-state index in [-0.39, 0.29) is 11.6 Å². The van der Waals surface area contributed by atoms with E-state index in [1.165, 1.54) is 29.8 Å². The minimum Gasteiger partial charge on any atom is -0.464 e. The molecule has 1 N–H and O–H groups in total. The summed E-state index contributed by atoms with van der Waals surface area (Å²) in [5.74, 6) is -0.370. The molecule has 0 saturated heterocycles. The van der Waals surface area contributed by atoms with Gasteiger partial charge in [0.1, 0.15) is 4.88 Å². The van der Waals surface area contributed by atoms with Gasteiger partial charge in [-0.3, -0.25) is 10.1 Å². The summed E-state index contributed by atoms with van der Waals surface area (Å²) in [5.41, 5.74) is 0.968. The van der Waals surface area contributed by atoms with Gasteiger partial charge in [0.15, 0.2) is 10.8 Å². The first-order chi connectivity index (χ1) is 10.8. The zero-order valence-electron chi connectivity index (χ0n) is 13.7. The van der Waals surface area contributed by atoms with Crippen LogP contribution in [0, 0.1) is 19.8 Å². The van der Waals surface area contributed by atoms with Crippen molar-refractivity contribution in [2.24, 2.45) is 5.92 Å². The van der Waals surface area contributed by atoms with Crippen LogP contribution in [-0.2, 0) is 11.2 Å². The summed E-state index contributed by atoms with van der Waals surface area (Å²) in [6.45, 7) is 7.77. The standard InChI is InChI=1S/C15H19N3O3S2/c1-7(2)6-10-11(14(20)21-5)17-15(23-10)18-13(19)12-8(3)16-9(4)22-12/h7H,6H2,1-5H3,(H,17,18,19). The van der Waals surface area contributed by atoms with E-state index in [4.69, 9.17) is 4.74 Å². The number of anilines is 1. The number of methoxy groups -OCH3 is 1.